The lowest BCUT2D eigenvalue weighted by Crippen LogP contribution is -2.15. The van der Waals surface area contributed by atoms with E-state index in [0.717, 1.165) is 42.1 Å². The lowest BCUT2D eigenvalue weighted by Gasteiger charge is -2.15. The van der Waals surface area contributed by atoms with Gasteiger partial charge in [-0.2, -0.15) is 0 Å². The smallest absolute Gasteiger partial charge is 0.0668 e. The van der Waals surface area contributed by atoms with E-state index in [4.69, 9.17) is 9.98 Å². The van der Waals surface area contributed by atoms with Crippen LogP contribution in [-0.4, -0.2) is 11.4 Å². The van der Waals surface area contributed by atoms with Crippen molar-refractivity contribution in [2.45, 2.75) is 65.7 Å². The molecule has 0 aromatic heterocycles. The third kappa shape index (κ3) is 6.26. The molecule has 32 heavy (non-hydrogen) atoms. The van der Waals surface area contributed by atoms with Gasteiger partial charge in [-0.3, -0.25) is 9.98 Å². The maximum atomic E-state index is 5.22. The first kappa shape index (κ1) is 23.7. The van der Waals surface area contributed by atoms with Gasteiger partial charge in [0.2, 0.25) is 0 Å². The molecule has 0 amide bonds. The fourth-order valence-corrected chi connectivity index (χ4v) is 3.97. The van der Waals surface area contributed by atoms with Gasteiger partial charge in [0.15, 0.2) is 0 Å². The van der Waals surface area contributed by atoms with E-state index in [9.17, 15) is 0 Å². The number of aryl methyl sites for hydroxylation is 1. The molecule has 3 aromatic rings. The molecule has 0 spiro atoms. The second-order valence-electron chi connectivity index (χ2n) is 8.88. The first-order valence-corrected chi connectivity index (χ1v) is 11.9. The molecule has 3 aromatic carbocycles. The number of aliphatic imine (C=N–C) groups is 2. The predicted molar refractivity (Wildman–Crippen MR) is 140 cm³/mol. The third-order valence-electron chi connectivity index (χ3n) is 5.79. The van der Waals surface area contributed by atoms with E-state index < -0.39 is 0 Å². The number of hydrogen-bond acceptors (Lipinski definition) is 2. The molecule has 0 unspecified atom stereocenters. The minimum atomic E-state index is 0.425. The summed E-state index contributed by atoms with van der Waals surface area (Å²) in [5.41, 5.74) is 8.17. The van der Waals surface area contributed by atoms with E-state index >= 15 is 0 Å². The molecule has 2 heteroatoms. The largest absolute Gasteiger partial charge is 0.251 e. The Kier molecular flexibility index (Phi) is 8.56. The van der Waals surface area contributed by atoms with Crippen molar-refractivity contribution < 1.29 is 0 Å². The van der Waals surface area contributed by atoms with Crippen molar-refractivity contribution >= 4 is 22.8 Å². The van der Waals surface area contributed by atoms with Gasteiger partial charge in [0.05, 0.1) is 22.8 Å². The Labute approximate surface area is 194 Å². The number of benzene rings is 3. The van der Waals surface area contributed by atoms with Crippen molar-refractivity contribution in [1.82, 2.24) is 0 Å². The first-order chi connectivity index (χ1) is 15.5. The fourth-order valence-electron chi connectivity index (χ4n) is 3.97. The molecule has 0 radical (unpaired) electrons. The Morgan fingerprint density at radius 1 is 0.625 bits per heavy atom. The molecule has 0 bridgehead atoms. The zero-order valence-corrected chi connectivity index (χ0v) is 20.2. The molecular weight excluding hydrogens is 388 g/mol. The van der Waals surface area contributed by atoms with E-state index in [1.54, 1.807) is 0 Å². The molecule has 0 aliphatic heterocycles. The Hall–Kier alpha value is -3.00. The zero-order valence-electron chi connectivity index (χ0n) is 20.2. The topological polar surface area (TPSA) is 24.7 Å². The van der Waals surface area contributed by atoms with Gasteiger partial charge >= 0.3 is 0 Å². The number of nitrogens with zero attached hydrogens (tertiary/aromatic N) is 2. The van der Waals surface area contributed by atoms with Crippen LogP contribution < -0.4 is 0 Å². The maximum Gasteiger partial charge on any atom is 0.0668 e. The van der Waals surface area contributed by atoms with Crippen molar-refractivity contribution in [3.05, 3.63) is 95.6 Å². The van der Waals surface area contributed by atoms with Crippen LogP contribution in [0.1, 0.15) is 76.0 Å². The molecule has 0 aliphatic rings. The van der Waals surface area contributed by atoms with Gasteiger partial charge in [-0.1, -0.05) is 101 Å². The first-order valence-electron chi connectivity index (χ1n) is 11.9. The SMILES string of the molecule is CCC(=Nc1ccccc1C(C)C)C(CCc1ccccc1)=Nc1ccccc1C(C)C. The standard InChI is InChI=1S/C30H36N2/c1-6-27(31-28-18-12-10-16-25(28)22(2)3)30(21-20-24-14-8-7-9-15-24)32-29-19-13-11-17-26(29)23(4)5/h7-19,22-23H,6,20-21H2,1-5H3. The Morgan fingerprint density at radius 3 is 1.59 bits per heavy atom. The summed E-state index contributed by atoms with van der Waals surface area (Å²) in [6, 6.07) is 27.7. The maximum absolute atomic E-state index is 5.22. The number of hydrogen-bond donors (Lipinski definition) is 0. The molecule has 0 fully saturated rings. The fraction of sp³-hybridized carbons (Fsp3) is 0.333. The van der Waals surface area contributed by atoms with Gasteiger partial charge in [0.1, 0.15) is 0 Å². The normalized spacial score (nSPS) is 12.6. The number of rotatable bonds is 9. The molecule has 0 aliphatic carbocycles. The van der Waals surface area contributed by atoms with E-state index in [-0.39, 0.29) is 0 Å². The van der Waals surface area contributed by atoms with Crippen LogP contribution in [0.5, 0.6) is 0 Å². The quantitative estimate of drug-likeness (QED) is 0.307. The summed E-state index contributed by atoms with van der Waals surface area (Å²) in [5, 5.41) is 0. The Balaban J connectivity index is 2.06. The van der Waals surface area contributed by atoms with Gasteiger partial charge in [-0.25, -0.2) is 0 Å². The van der Waals surface area contributed by atoms with Crippen LogP contribution >= 0.6 is 0 Å². The zero-order chi connectivity index (χ0) is 22.9. The summed E-state index contributed by atoms with van der Waals surface area (Å²) in [6.45, 7) is 11.1. The summed E-state index contributed by atoms with van der Waals surface area (Å²) < 4.78 is 0. The van der Waals surface area contributed by atoms with E-state index in [2.05, 4.69) is 113 Å². The lowest BCUT2D eigenvalue weighted by atomic mass is 9.99. The summed E-state index contributed by atoms with van der Waals surface area (Å²) >= 11 is 0. The van der Waals surface area contributed by atoms with Crippen LogP contribution in [0.25, 0.3) is 0 Å². The van der Waals surface area contributed by atoms with E-state index in [1.165, 1.54) is 16.7 Å². The molecule has 3 rings (SSSR count). The average molecular weight is 425 g/mol. The van der Waals surface area contributed by atoms with Gasteiger partial charge in [0.25, 0.3) is 0 Å². The highest BCUT2D eigenvalue weighted by Gasteiger charge is 2.13. The van der Waals surface area contributed by atoms with Crippen molar-refractivity contribution in [1.29, 1.82) is 0 Å². The molecular formula is C30H36N2. The molecule has 166 valence electrons. The second-order valence-corrected chi connectivity index (χ2v) is 8.88. The lowest BCUT2D eigenvalue weighted by molar-refractivity contribution is 0.866. The minimum Gasteiger partial charge on any atom is -0.251 e. The summed E-state index contributed by atoms with van der Waals surface area (Å²) in [6.07, 6.45) is 2.67. The predicted octanol–water partition coefficient (Wildman–Crippen LogP) is 8.82. The highest BCUT2D eigenvalue weighted by atomic mass is 14.8. The van der Waals surface area contributed by atoms with Crippen molar-refractivity contribution in [2.75, 3.05) is 0 Å². The van der Waals surface area contributed by atoms with Crippen LogP contribution in [0.2, 0.25) is 0 Å². The summed E-state index contributed by atoms with van der Waals surface area (Å²) in [4.78, 5) is 10.4. The highest BCUT2D eigenvalue weighted by molar-refractivity contribution is 6.43. The Bertz CT molecular complexity index is 1060. The van der Waals surface area contributed by atoms with Gasteiger partial charge in [0, 0.05) is 0 Å². The van der Waals surface area contributed by atoms with Crippen LogP contribution in [0.3, 0.4) is 0 Å². The summed E-state index contributed by atoms with van der Waals surface area (Å²) in [7, 11) is 0. The van der Waals surface area contributed by atoms with Gasteiger partial charge in [-0.15, -0.1) is 0 Å². The molecule has 0 N–H and O–H groups in total. The average Bonchev–Trinajstić information content (AvgIpc) is 2.81. The third-order valence-corrected chi connectivity index (χ3v) is 5.79. The van der Waals surface area contributed by atoms with E-state index in [1.807, 2.05) is 0 Å². The molecule has 0 atom stereocenters. The van der Waals surface area contributed by atoms with Gasteiger partial charge < -0.3 is 0 Å². The van der Waals surface area contributed by atoms with Crippen LogP contribution in [-0.2, 0) is 6.42 Å². The monoisotopic (exact) mass is 424 g/mol. The Morgan fingerprint density at radius 2 is 1.09 bits per heavy atom. The van der Waals surface area contributed by atoms with Crippen LogP contribution in [0.4, 0.5) is 11.4 Å². The van der Waals surface area contributed by atoms with Crippen LogP contribution in [0, 0.1) is 0 Å². The minimum absolute atomic E-state index is 0.425. The molecule has 0 heterocycles. The molecule has 2 nitrogen and oxygen atoms in total. The highest BCUT2D eigenvalue weighted by Crippen LogP contribution is 2.29. The molecule has 0 saturated carbocycles. The van der Waals surface area contributed by atoms with Gasteiger partial charge in [-0.05, 0) is 59.9 Å². The van der Waals surface area contributed by atoms with E-state index in [0.29, 0.717) is 11.8 Å². The molecule has 0 saturated heterocycles. The summed E-state index contributed by atoms with van der Waals surface area (Å²) in [5.74, 6) is 0.855. The second kappa shape index (κ2) is 11.6. The van der Waals surface area contributed by atoms with Crippen molar-refractivity contribution in [3.8, 4) is 0 Å². The van der Waals surface area contributed by atoms with Crippen molar-refractivity contribution in [3.63, 3.8) is 0 Å². The van der Waals surface area contributed by atoms with Crippen LogP contribution in [0.15, 0.2) is 88.8 Å². The van der Waals surface area contributed by atoms with Crippen molar-refractivity contribution in [2.24, 2.45) is 9.98 Å². The number of para-hydroxylation sites is 2.